The molecule has 0 fully saturated rings. The second-order valence-electron chi connectivity index (χ2n) is 4.71. The van der Waals surface area contributed by atoms with Gasteiger partial charge in [0.2, 0.25) is 0 Å². The summed E-state index contributed by atoms with van der Waals surface area (Å²) in [5.41, 5.74) is 2.19. The van der Waals surface area contributed by atoms with E-state index in [0.29, 0.717) is 6.54 Å². The van der Waals surface area contributed by atoms with E-state index in [9.17, 15) is 4.79 Å². The summed E-state index contributed by atoms with van der Waals surface area (Å²) in [5.74, 6) is -0.131. The van der Waals surface area contributed by atoms with Crippen molar-refractivity contribution in [2.75, 3.05) is 19.1 Å². The van der Waals surface area contributed by atoms with Crippen LogP contribution in [0, 0.1) is 0 Å². The number of rotatable bonds is 5. The van der Waals surface area contributed by atoms with E-state index in [1.807, 2.05) is 42.3 Å². The number of ether oxygens (including phenoxy) is 1. The lowest BCUT2D eigenvalue weighted by atomic mass is 10.1. The van der Waals surface area contributed by atoms with Crippen molar-refractivity contribution < 1.29 is 14.6 Å². The second kappa shape index (κ2) is 6.63. The molecule has 110 valence electrons. The maximum absolute atomic E-state index is 11.1. The van der Waals surface area contributed by atoms with Gasteiger partial charge >= 0.3 is 5.97 Å². The van der Waals surface area contributed by atoms with Gasteiger partial charge in [-0.05, 0) is 35.9 Å². The quantitative estimate of drug-likeness (QED) is 0.891. The number of aromatic carboxylic acids is 1. The van der Waals surface area contributed by atoms with Crippen molar-refractivity contribution in [1.29, 1.82) is 0 Å². The molecular formula is C16H16BrNO3. The standard InChI is InChI=1S/C16H16BrNO3/c1-18(10-11-4-3-5-15(6-11)21-2)14-8-12(16(19)20)7-13(17)9-14/h3-9H,10H2,1-2H3,(H,19,20). The van der Waals surface area contributed by atoms with E-state index in [2.05, 4.69) is 15.9 Å². The van der Waals surface area contributed by atoms with E-state index in [-0.39, 0.29) is 5.56 Å². The number of halogens is 1. The molecule has 0 unspecified atom stereocenters. The molecule has 2 rings (SSSR count). The monoisotopic (exact) mass is 349 g/mol. The van der Waals surface area contributed by atoms with Crippen LogP contribution in [0.25, 0.3) is 0 Å². The summed E-state index contributed by atoms with van der Waals surface area (Å²) < 4.78 is 5.95. The van der Waals surface area contributed by atoms with E-state index in [1.54, 1.807) is 19.2 Å². The fraction of sp³-hybridized carbons (Fsp3) is 0.188. The lowest BCUT2D eigenvalue weighted by Gasteiger charge is -2.20. The van der Waals surface area contributed by atoms with Crippen molar-refractivity contribution in [2.45, 2.75) is 6.54 Å². The number of carboxylic acids is 1. The maximum atomic E-state index is 11.1. The fourth-order valence-electron chi connectivity index (χ4n) is 2.05. The van der Waals surface area contributed by atoms with E-state index in [0.717, 1.165) is 21.5 Å². The number of carboxylic acid groups (broad SMARTS) is 1. The zero-order valence-corrected chi connectivity index (χ0v) is 13.4. The van der Waals surface area contributed by atoms with Crippen LogP contribution in [0.4, 0.5) is 5.69 Å². The zero-order valence-electron chi connectivity index (χ0n) is 11.8. The number of benzene rings is 2. The number of methoxy groups -OCH3 is 1. The van der Waals surface area contributed by atoms with E-state index in [4.69, 9.17) is 9.84 Å². The van der Waals surface area contributed by atoms with Gasteiger partial charge in [0.05, 0.1) is 12.7 Å². The summed E-state index contributed by atoms with van der Waals surface area (Å²) >= 11 is 3.35. The Labute approximate surface area is 132 Å². The molecule has 0 spiro atoms. The third-order valence-electron chi connectivity index (χ3n) is 3.12. The van der Waals surface area contributed by atoms with Gasteiger partial charge in [-0.1, -0.05) is 28.1 Å². The second-order valence-corrected chi connectivity index (χ2v) is 5.63. The number of hydrogen-bond donors (Lipinski definition) is 1. The summed E-state index contributed by atoms with van der Waals surface area (Å²) in [6.07, 6.45) is 0. The Bertz CT molecular complexity index is 658. The third kappa shape index (κ3) is 3.98. The molecule has 2 aromatic carbocycles. The van der Waals surface area contributed by atoms with Crippen LogP contribution in [0.5, 0.6) is 5.75 Å². The molecule has 0 bridgehead atoms. The number of hydrogen-bond acceptors (Lipinski definition) is 3. The molecule has 21 heavy (non-hydrogen) atoms. The topological polar surface area (TPSA) is 49.8 Å². The maximum Gasteiger partial charge on any atom is 0.335 e. The van der Waals surface area contributed by atoms with Gasteiger partial charge in [-0.15, -0.1) is 0 Å². The highest BCUT2D eigenvalue weighted by atomic mass is 79.9. The van der Waals surface area contributed by atoms with Gasteiger partial charge in [-0.3, -0.25) is 0 Å². The molecule has 4 nitrogen and oxygen atoms in total. The van der Waals surface area contributed by atoms with Crippen LogP contribution in [0.15, 0.2) is 46.9 Å². The largest absolute Gasteiger partial charge is 0.497 e. The van der Waals surface area contributed by atoms with Crippen molar-refractivity contribution in [3.05, 3.63) is 58.1 Å². The first-order valence-electron chi connectivity index (χ1n) is 6.37. The number of nitrogens with zero attached hydrogens (tertiary/aromatic N) is 1. The van der Waals surface area contributed by atoms with Crippen molar-refractivity contribution in [2.24, 2.45) is 0 Å². The molecule has 0 heterocycles. The minimum atomic E-state index is -0.938. The smallest absolute Gasteiger partial charge is 0.335 e. The Morgan fingerprint density at radius 2 is 2.05 bits per heavy atom. The van der Waals surface area contributed by atoms with Crippen LogP contribution in [-0.4, -0.2) is 25.2 Å². The average molecular weight is 350 g/mol. The molecule has 0 aromatic heterocycles. The molecule has 0 aliphatic carbocycles. The molecule has 2 aromatic rings. The Balaban J connectivity index is 2.23. The SMILES string of the molecule is COc1cccc(CN(C)c2cc(Br)cc(C(=O)O)c2)c1. The molecule has 0 amide bonds. The summed E-state index contributed by atoms with van der Waals surface area (Å²) in [5, 5.41) is 9.12. The molecule has 0 radical (unpaired) electrons. The van der Waals surface area contributed by atoms with Gasteiger partial charge in [-0.2, -0.15) is 0 Å². The zero-order chi connectivity index (χ0) is 15.4. The molecule has 0 aliphatic heterocycles. The van der Waals surface area contributed by atoms with Crippen LogP contribution in [0.2, 0.25) is 0 Å². The first-order valence-corrected chi connectivity index (χ1v) is 7.17. The highest BCUT2D eigenvalue weighted by Crippen LogP contribution is 2.24. The van der Waals surface area contributed by atoms with Crippen LogP contribution in [-0.2, 0) is 6.54 Å². The Morgan fingerprint density at radius 3 is 2.71 bits per heavy atom. The summed E-state index contributed by atoms with van der Waals surface area (Å²) in [7, 11) is 3.56. The van der Waals surface area contributed by atoms with Gasteiger partial charge < -0.3 is 14.7 Å². The van der Waals surface area contributed by atoms with E-state index in [1.165, 1.54) is 0 Å². The van der Waals surface area contributed by atoms with Gasteiger partial charge in [0.1, 0.15) is 5.75 Å². The molecule has 0 saturated heterocycles. The Kier molecular flexibility index (Phi) is 4.85. The summed E-state index contributed by atoms with van der Waals surface area (Å²) in [6.45, 7) is 0.659. The molecular weight excluding hydrogens is 334 g/mol. The van der Waals surface area contributed by atoms with Gasteiger partial charge in [0, 0.05) is 23.8 Å². The van der Waals surface area contributed by atoms with Gasteiger partial charge in [0.15, 0.2) is 0 Å². The van der Waals surface area contributed by atoms with Crippen molar-refractivity contribution in [1.82, 2.24) is 0 Å². The highest BCUT2D eigenvalue weighted by molar-refractivity contribution is 9.10. The predicted molar refractivity (Wildman–Crippen MR) is 86.2 cm³/mol. The van der Waals surface area contributed by atoms with Crippen LogP contribution >= 0.6 is 15.9 Å². The van der Waals surface area contributed by atoms with Crippen molar-refractivity contribution in [3.63, 3.8) is 0 Å². The fourth-order valence-corrected chi connectivity index (χ4v) is 2.54. The minimum Gasteiger partial charge on any atom is -0.497 e. The van der Waals surface area contributed by atoms with E-state index < -0.39 is 5.97 Å². The first-order chi connectivity index (χ1) is 9.99. The van der Waals surface area contributed by atoms with Gasteiger partial charge in [-0.25, -0.2) is 4.79 Å². The number of carbonyl (C=O) groups is 1. The summed E-state index contributed by atoms with van der Waals surface area (Å²) in [6, 6.07) is 12.9. The molecule has 5 heteroatoms. The normalized spacial score (nSPS) is 10.2. The lowest BCUT2D eigenvalue weighted by molar-refractivity contribution is 0.0697. The predicted octanol–water partition coefficient (Wildman–Crippen LogP) is 3.79. The first kappa shape index (κ1) is 15.4. The average Bonchev–Trinajstić information content (AvgIpc) is 2.46. The highest BCUT2D eigenvalue weighted by Gasteiger charge is 2.09. The molecule has 0 aliphatic rings. The Hall–Kier alpha value is -2.01. The third-order valence-corrected chi connectivity index (χ3v) is 3.58. The van der Waals surface area contributed by atoms with E-state index >= 15 is 0 Å². The Morgan fingerprint density at radius 1 is 1.29 bits per heavy atom. The minimum absolute atomic E-state index is 0.261. The van der Waals surface area contributed by atoms with Crippen molar-refractivity contribution in [3.8, 4) is 5.75 Å². The lowest BCUT2D eigenvalue weighted by Crippen LogP contribution is -2.17. The number of anilines is 1. The van der Waals surface area contributed by atoms with Crippen LogP contribution in [0.1, 0.15) is 15.9 Å². The van der Waals surface area contributed by atoms with Gasteiger partial charge in [0.25, 0.3) is 0 Å². The van der Waals surface area contributed by atoms with Crippen molar-refractivity contribution >= 4 is 27.6 Å². The van der Waals surface area contributed by atoms with Crippen LogP contribution in [0.3, 0.4) is 0 Å². The summed E-state index contributed by atoms with van der Waals surface area (Å²) in [4.78, 5) is 13.1. The molecule has 0 saturated carbocycles. The molecule has 1 N–H and O–H groups in total. The molecule has 0 atom stereocenters. The van der Waals surface area contributed by atoms with Crippen LogP contribution < -0.4 is 9.64 Å².